The molecule has 0 fully saturated rings. The molecule has 21 heavy (non-hydrogen) atoms. The Kier molecular flexibility index (Phi) is 5.38. The molecular formula is C15H12ClNO3S. The second-order valence-corrected chi connectivity index (χ2v) is 6.03. The normalized spacial score (nSPS) is 12.5. The zero-order chi connectivity index (χ0) is 15.2. The molecule has 0 radical (unpaired) electrons. The Hall–Kier alpha value is -1.82. The standard InChI is InChI=1S/C15H12ClNO3S/c16-14-7-5-12(6-8-14)11-21(20)10-9-13-3-1-2-4-15(13)17(18)19/h1-10H,11H2. The lowest BCUT2D eigenvalue weighted by molar-refractivity contribution is -0.385. The van der Waals surface area contributed by atoms with Crippen molar-refractivity contribution in [3.63, 3.8) is 0 Å². The van der Waals surface area contributed by atoms with E-state index in [0.29, 0.717) is 16.3 Å². The monoisotopic (exact) mass is 321 g/mol. The zero-order valence-electron chi connectivity index (χ0n) is 10.9. The summed E-state index contributed by atoms with van der Waals surface area (Å²) in [5.41, 5.74) is 1.33. The second-order valence-electron chi connectivity index (χ2n) is 4.27. The Balaban J connectivity index is 2.07. The summed E-state index contributed by atoms with van der Waals surface area (Å²) < 4.78 is 12.0. The number of nitro groups is 1. The van der Waals surface area contributed by atoms with Gasteiger partial charge in [-0.15, -0.1) is 0 Å². The second kappa shape index (κ2) is 7.26. The van der Waals surface area contributed by atoms with Crippen molar-refractivity contribution >= 4 is 34.5 Å². The van der Waals surface area contributed by atoms with Crippen LogP contribution >= 0.6 is 11.6 Å². The summed E-state index contributed by atoms with van der Waals surface area (Å²) in [4.78, 5) is 10.4. The van der Waals surface area contributed by atoms with Crippen LogP contribution in [-0.4, -0.2) is 9.48 Å². The predicted octanol–water partition coefficient (Wildman–Crippen LogP) is 4.17. The smallest absolute Gasteiger partial charge is 0.276 e. The minimum Gasteiger partial charge on any atom is -0.612 e. The van der Waals surface area contributed by atoms with Gasteiger partial charge >= 0.3 is 0 Å². The first-order valence-corrected chi connectivity index (χ1v) is 7.85. The maximum Gasteiger partial charge on any atom is 0.276 e. The fourth-order valence-electron chi connectivity index (χ4n) is 1.74. The summed E-state index contributed by atoms with van der Waals surface area (Å²) in [6.07, 6.45) is 1.52. The molecule has 0 spiro atoms. The number of hydrogen-bond donors (Lipinski definition) is 0. The zero-order valence-corrected chi connectivity index (χ0v) is 12.5. The van der Waals surface area contributed by atoms with E-state index in [1.165, 1.54) is 17.6 Å². The molecule has 0 aromatic heterocycles. The Morgan fingerprint density at radius 2 is 1.81 bits per heavy atom. The van der Waals surface area contributed by atoms with Gasteiger partial charge in [0.15, 0.2) is 0 Å². The SMILES string of the molecule is O=[N+]([O-])c1ccccc1C=C[S+]([O-])Cc1ccc(Cl)cc1. The van der Waals surface area contributed by atoms with Gasteiger partial charge in [-0.05, 0) is 35.5 Å². The molecule has 6 heteroatoms. The fraction of sp³-hybridized carbons (Fsp3) is 0.0667. The first kappa shape index (κ1) is 15.6. The summed E-state index contributed by atoms with van der Waals surface area (Å²) in [7, 11) is 0. The van der Waals surface area contributed by atoms with Gasteiger partial charge in [0.25, 0.3) is 5.69 Å². The van der Waals surface area contributed by atoms with Gasteiger partial charge in [-0.3, -0.25) is 10.1 Å². The van der Waals surface area contributed by atoms with E-state index in [9.17, 15) is 14.7 Å². The highest BCUT2D eigenvalue weighted by molar-refractivity contribution is 7.93. The Morgan fingerprint density at radius 3 is 2.48 bits per heavy atom. The van der Waals surface area contributed by atoms with Crippen LogP contribution in [0.1, 0.15) is 11.1 Å². The van der Waals surface area contributed by atoms with Gasteiger partial charge in [0.05, 0.1) is 10.5 Å². The highest BCUT2D eigenvalue weighted by Gasteiger charge is 2.11. The van der Waals surface area contributed by atoms with Crippen molar-refractivity contribution in [3.05, 3.63) is 80.2 Å². The lowest BCUT2D eigenvalue weighted by atomic mass is 10.2. The third-order valence-corrected chi connectivity index (χ3v) is 4.06. The minimum atomic E-state index is -1.25. The van der Waals surface area contributed by atoms with Crippen LogP contribution in [0.4, 0.5) is 5.69 Å². The van der Waals surface area contributed by atoms with Crippen molar-refractivity contribution in [2.24, 2.45) is 0 Å². The summed E-state index contributed by atoms with van der Waals surface area (Å²) in [5.74, 6) is 0.342. The van der Waals surface area contributed by atoms with E-state index in [1.807, 2.05) is 0 Å². The van der Waals surface area contributed by atoms with E-state index in [1.54, 1.807) is 42.5 Å². The summed E-state index contributed by atoms with van der Waals surface area (Å²) in [6.45, 7) is 0. The highest BCUT2D eigenvalue weighted by Crippen LogP contribution is 2.20. The van der Waals surface area contributed by atoms with Crippen molar-refractivity contribution in [1.82, 2.24) is 0 Å². The van der Waals surface area contributed by atoms with E-state index < -0.39 is 16.1 Å². The van der Waals surface area contributed by atoms with Gasteiger partial charge in [-0.1, -0.05) is 35.9 Å². The Bertz CT molecular complexity index is 658. The molecule has 0 amide bonds. The maximum absolute atomic E-state index is 12.0. The Morgan fingerprint density at radius 1 is 1.14 bits per heavy atom. The van der Waals surface area contributed by atoms with Crippen LogP contribution in [0.3, 0.4) is 0 Å². The van der Waals surface area contributed by atoms with Crippen LogP contribution in [0.15, 0.2) is 53.9 Å². The van der Waals surface area contributed by atoms with E-state index in [-0.39, 0.29) is 5.69 Å². The topological polar surface area (TPSA) is 66.2 Å². The number of para-hydroxylation sites is 1. The average Bonchev–Trinajstić information content (AvgIpc) is 2.48. The van der Waals surface area contributed by atoms with E-state index in [4.69, 9.17) is 11.6 Å². The van der Waals surface area contributed by atoms with Gasteiger partial charge in [-0.25, -0.2) is 0 Å². The molecule has 2 rings (SSSR count). The first-order valence-electron chi connectivity index (χ1n) is 6.09. The van der Waals surface area contributed by atoms with Crippen LogP contribution in [0, 0.1) is 10.1 Å². The summed E-state index contributed by atoms with van der Waals surface area (Å²) in [6, 6.07) is 13.4. The largest absolute Gasteiger partial charge is 0.612 e. The fourth-order valence-corrected chi connectivity index (χ4v) is 2.78. The predicted molar refractivity (Wildman–Crippen MR) is 85.4 cm³/mol. The number of halogens is 1. The number of nitrogens with zero attached hydrogens (tertiary/aromatic N) is 1. The molecule has 0 heterocycles. The molecule has 2 aromatic carbocycles. The molecule has 0 N–H and O–H groups in total. The molecule has 0 saturated heterocycles. The molecule has 1 atom stereocenters. The van der Waals surface area contributed by atoms with Crippen molar-refractivity contribution in [2.75, 3.05) is 0 Å². The molecule has 0 aliphatic heterocycles. The molecule has 108 valence electrons. The molecule has 0 saturated carbocycles. The van der Waals surface area contributed by atoms with E-state index in [0.717, 1.165) is 5.56 Å². The van der Waals surface area contributed by atoms with Gasteiger partial charge in [0, 0.05) is 16.7 Å². The van der Waals surface area contributed by atoms with E-state index in [2.05, 4.69) is 0 Å². The first-order chi connectivity index (χ1) is 10.1. The summed E-state index contributed by atoms with van der Waals surface area (Å²) >= 11 is 4.54. The van der Waals surface area contributed by atoms with Crippen LogP contribution < -0.4 is 0 Å². The molecular weight excluding hydrogens is 310 g/mol. The molecule has 2 aromatic rings. The lowest BCUT2D eigenvalue weighted by Gasteiger charge is -2.06. The van der Waals surface area contributed by atoms with Gasteiger partial charge < -0.3 is 4.55 Å². The molecule has 0 bridgehead atoms. The minimum absolute atomic E-state index is 0.00255. The van der Waals surface area contributed by atoms with Crippen molar-refractivity contribution in [2.45, 2.75) is 5.75 Å². The average molecular weight is 322 g/mol. The molecule has 0 aliphatic rings. The highest BCUT2D eigenvalue weighted by atomic mass is 35.5. The van der Waals surface area contributed by atoms with Crippen molar-refractivity contribution < 1.29 is 9.48 Å². The van der Waals surface area contributed by atoms with Crippen LogP contribution in [0.25, 0.3) is 6.08 Å². The molecule has 1 unspecified atom stereocenters. The lowest BCUT2D eigenvalue weighted by Crippen LogP contribution is -2.00. The quantitative estimate of drug-likeness (QED) is 0.471. The maximum atomic E-state index is 12.0. The number of benzene rings is 2. The van der Waals surface area contributed by atoms with Gasteiger partial charge in [0.1, 0.15) is 11.2 Å². The van der Waals surface area contributed by atoms with Crippen LogP contribution in [-0.2, 0) is 16.9 Å². The van der Waals surface area contributed by atoms with Crippen LogP contribution in [0.5, 0.6) is 0 Å². The number of nitro benzene ring substituents is 1. The molecule has 0 aliphatic carbocycles. The van der Waals surface area contributed by atoms with Crippen molar-refractivity contribution in [1.29, 1.82) is 0 Å². The van der Waals surface area contributed by atoms with Gasteiger partial charge in [-0.2, -0.15) is 0 Å². The molecule has 4 nitrogen and oxygen atoms in total. The third-order valence-electron chi connectivity index (χ3n) is 2.76. The van der Waals surface area contributed by atoms with E-state index >= 15 is 0 Å². The van der Waals surface area contributed by atoms with Crippen LogP contribution in [0.2, 0.25) is 5.02 Å². The third kappa shape index (κ3) is 4.60. The van der Waals surface area contributed by atoms with Crippen molar-refractivity contribution in [3.8, 4) is 0 Å². The Labute approximate surface area is 130 Å². The number of rotatable bonds is 5. The van der Waals surface area contributed by atoms with Gasteiger partial charge in [0.2, 0.25) is 0 Å². The summed E-state index contributed by atoms with van der Waals surface area (Å²) in [5, 5.41) is 13.0. The number of hydrogen-bond acceptors (Lipinski definition) is 3.